The lowest BCUT2D eigenvalue weighted by Gasteiger charge is -2.37. The number of carbonyl (C=O) groups excluding carboxylic acids is 2. The van der Waals surface area contributed by atoms with Gasteiger partial charge in [-0.3, -0.25) is 14.7 Å². The number of amides is 2. The molecule has 1 N–H and O–H groups in total. The molecular weight excluding hydrogens is 378 g/mol. The molecule has 3 heterocycles. The average Bonchev–Trinajstić information content (AvgIpc) is 3.16. The van der Waals surface area contributed by atoms with Crippen LogP contribution < -0.4 is 4.90 Å². The van der Waals surface area contributed by atoms with E-state index < -0.39 is 0 Å². The first kappa shape index (κ1) is 19.2. The first-order valence-corrected chi connectivity index (χ1v) is 11.1. The van der Waals surface area contributed by atoms with Gasteiger partial charge in [0.2, 0.25) is 5.91 Å². The minimum Gasteiger partial charge on any atom is -0.368 e. The number of hydrogen-bond acceptors (Lipinski definition) is 4. The van der Waals surface area contributed by atoms with Crippen LogP contribution in [0.25, 0.3) is 0 Å². The van der Waals surface area contributed by atoms with Gasteiger partial charge in [0.25, 0.3) is 5.91 Å². The van der Waals surface area contributed by atoms with Gasteiger partial charge >= 0.3 is 0 Å². The van der Waals surface area contributed by atoms with Gasteiger partial charge in [-0.25, -0.2) is 0 Å². The van der Waals surface area contributed by atoms with Crippen molar-refractivity contribution in [1.82, 2.24) is 20.0 Å². The molecule has 158 valence electrons. The number of aromatic nitrogens is 2. The first-order valence-electron chi connectivity index (χ1n) is 11.1. The molecule has 2 fully saturated rings. The summed E-state index contributed by atoms with van der Waals surface area (Å²) in [7, 11) is 0. The Hall–Kier alpha value is -2.83. The maximum Gasteiger partial charge on any atom is 0.274 e. The van der Waals surface area contributed by atoms with Gasteiger partial charge in [0, 0.05) is 68.6 Å². The van der Waals surface area contributed by atoms with E-state index in [-0.39, 0.29) is 17.7 Å². The predicted octanol–water partition coefficient (Wildman–Crippen LogP) is 2.37. The summed E-state index contributed by atoms with van der Waals surface area (Å²) in [4.78, 5) is 32.1. The van der Waals surface area contributed by atoms with E-state index in [1.807, 2.05) is 9.80 Å². The summed E-state index contributed by atoms with van der Waals surface area (Å²) < 4.78 is 0. The van der Waals surface area contributed by atoms with Gasteiger partial charge in [-0.1, -0.05) is 24.6 Å². The minimum absolute atomic E-state index is 0.0186. The zero-order chi connectivity index (χ0) is 20.7. The molecule has 0 spiro atoms. The maximum atomic E-state index is 13.2. The molecule has 2 aromatic rings. The number of aryl methyl sites for hydroxylation is 1. The molecule has 0 unspecified atom stereocenters. The van der Waals surface area contributed by atoms with Crippen LogP contribution in [0.3, 0.4) is 0 Å². The third kappa shape index (κ3) is 3.36. The third-order valence-electron chi connectivity index (χ3n) is 6.93. The molecule has 0 atom stereocenters. The molecule has 7 heteroatoms. The average molecular weight is 408 g/mol. The lowest BCUT2D eigenvalue weighted by Crippen LogP contribution is -2.49. The molecule has 7 nitrogen and oxygen atoms in total. The Balaban J connectivity index is 1.26. The molecule has 1 aromatic carbocycles. The monoisotopic (exact) mass is 407 g/mol. The Morgan fingerprint density at radius 1 is 1.03 bits per heavy atom. The van der Waals surface area contributed by atoms with Gasteiger partial charge in [-0.05, 0) is 31.4 Å². The second-order valence-corrected chi connectivity index (χ2v) is 8.73. The standard InChI is InChI=1S/C23H29N5O2/c1-16-5-2-3-8-20(16)26-11-13-27(14-12-26)23(30)21-18-15-28(10-9-19(18)24-25-21)22(29)17-6-4-7-17/h2-3,5,8,17H,4,6-7,9-15H2,1H3,(H,24,25). The molecule has 2 amide bonds. The zero-order valence-electron chi connectivity index (χ0n) is 17.6. The highest BCUT2D eigenvalue weighted by molar-refractivity contribution is 5.94. The number of piperazine rings is 1. The van der Waals surface area contributed by atoms with E-state index in [1.165, 1.54) is 11.3 Å². The summed E-state index contributed by atoms with van der Waals surface area (Å²) >= 11 is 0. The van der Waals surface area contributed by atoms with Gasteiger partial charge in [-0.15, -0.1) is 0 Å². The number of benzene rings is 1. The van der Waals surface area contributed by atoms with Crippen LogP contribution in [0.15, 0.2) is 24.3 Å². The lowest BCUT2D eigenvalue weighted by molar-refractivity contribution is -0.139. The van der Waals surface area contributed by atoms with Crippen molar-refractivity contribution in [2.24, 2.45) is 5.92 Å². The van der Waals surface area contributed by atoms with Gasteiger partial charge in [0.05, 0.1) is 0 Å². The largest absolute Gasteiger partial charge is 0.368 e. The van der Waals surface area contributed by atoms with Crippen molar-refractivity contribution in [3.63, 3.8) is 0 Å². The van der Waals surface area contributed by atoms with Crippen LogP contribution in [-0.4, -0.2) is 64.5 Å². The number of hydrogen-bond donors (Lipinski definition) is 1. The molecular formula is C23H29N5O2. The van der Waals surface area contributed by atoms with Crippen molar-refractivity contribution in [2.45, 2.75) is 39.2 Å². The Labute approximate surface area is 177 Å². The third-order valence-corrected chi connectivity index (χ3v) is 6.93. The van der Waals surface area contributed by atoms with Crippen LogP contribution in [0, 0.1) is 12.8 Å². The van der Waals surface area contributed by atoms with E-state index in [0.29, 0.717) is 31.9 Å². The zero-order valence-corrected chi connectivity index (χ0v) is 17.6. The molecule has 2 aliphatic heterocycles. The highest BCUT2D eigenvalue weighted by Crippen LogP contribution is 2.31. The highest BCUT2D eigenvalue weighted by Gasteiger charge is 2.34. The summed E-state index contributed by atoms with van der Waals surface area (Å²) in [5, 5.41) is 7.43. The van der Waals surface area contributed by atoms with E-state index in [9.17, 15) is 9.59 Å². The quantitative estimate of drug-likeness (QED) is 0.848. The molecule has 5 rings (SSSR count). The fourth-order valence-corrected chi connectivity index (χ4v) is 4.79. The molecule has 1 saturated carbocycles. The van der Waals surface area contributed by atoms with Gasteiger partial charge in [-0.2, -0.15) is 5.10 Å². The second-order valence-electron chi connectivity index (χ2n) is 8.73. The topological polar surface area (TPSA) is 72.5 Å². The summed E-state index contributed by atoms with van der Waals surface area (Å²) in [5.41, 5.74) is 4.93. The van der Waals surface area contributed by atoms with E-state index >= 15 is 0 Å². The molecule has 1 aromatic heterocycles. The summed E-state index contributed by atoms with van der Waals surface area (Å²) in [6.45, 7) is 6.34. The van der Waals surface area contributed by atoms with Crippen LogP contribution in [-0.2, 0) is 17.8 Å². The van der Waals surface area contributed by atoms with Crippen molar-refractivity contribution in [2.75, 3.05) is 37.6 Å². The Morgan fingerprint density at radius 3 is 2.50 bits per heavy atom. The Bertz CT molecular complexity index is 956. The highest BCUT2D eigenvalue weighted by atomic mass is 16.2. The molecule has 30 heavy (non-hydrogen) atoms. The van der Waals surface area contributed by atoms with Crippen LogP contribution in [0.2, 0.25) is 0 Å². The summed E-state index contributed by atoms with van der Waals surface area (Å²) in [6.07, 6.45) is 3.91. The molecule has 0 bridgehead atoms. The molecule has 1 saturated heterocycles. The van der Waals surface area contributed by atoms with Crippen LogP contribution in [0.4, 0.5) is 5.69 Å². The van der Waals surface area contributed by atoms with Crippen LogP contribution >= 0.6 is 0 Å². The number of carbonyl (C=O) groups is 2. The molecule has 0 radical (unpaired) electrons. The fraction of sp³-hybridized carbons (Fsp3) is 0.522. The number of nitrogens with one attached hydrogen (secondary N) is 1. The van der Waals surface area contributed by atoms with Gasteiger partial charge < -0.3 is 14.7 Å². The lowest BCUT2D eigenvalue weighted by atomic mass is 9.84. The molecule has 1 aliphatic carbocycles. The second kappa shape index (κ2) is 7.78. The predicted molar refractivity (Wildman–Crippen MR) is 114 cm³/mol. The van der Waals surface area contributed by atoms with Crippen molar-refractivity contribution in [3.05, 3.63) is 46.8 Å². The summed E-state index contributed by atoms with van der Waals surface area (Å²) in [6, 6.07) is 8.38. The summed E-state index contributed by atoms with van der Waals surface area (Å²) in [5.74, 6) is 0.417. The SMILES string of the molecule is Cc1ccccc1N1CCN(C(=O)c2n[nH]c3c2CN(C(=O)C2CCC2)CC3)CC1. The number of anilines is 1. The number of nitrogens with zero attached hydrogens (tertiary/aromatic N) is 4. The number of para-hydroxylation sites is 1. The maximum absolute atomic E-state index is 13.2. The van der Waals surface area contributed by atoms with Crippen molar-refractivity contribution >= 4 is 17.5 Å². The Kier molecular flexibility index (Phi) is 4.97. The minimum atomic E-state index is -0.0186. The normalized spacial score (nSPS) is 19.4. The van der Waals surface area contributed by atoms with Crippen molar-refractivity contribution < 1.29 is 9.59 Å². The smallest absolute Gasteiger partial charge is 0.274 e. The number of fused-ring (bicyclic) bond motifs is 1. The van der Waals surface area contributed by atoms with E-state index in [1.54, 1.807) is 0 Å². The number of aromatic amines is 1. The fourth-order valence-electron chi connectivity index (χ4n) is 4.79. The van der Waals surface area contributed by atoms with Crippen molar-refractivity contribution in [1.29, 1.82) is 0 Å². The Morgan fingerprint density at radius 2 is 1.80 bits per heavy atom. The van der Waals surface area contributed by atoms with Gasteiger partial charge in [0.1, 0.15) is 0 Å². The van der Waals surface area contributed by atoms with Crippen LogP contribution in [0.1, 0.15) is 46.6 Å². The van der Waals surface area contributed by atoms with E-state index in [4.69, 9.17) is 0 Å². The number of rotatable bonds is 3. The van der Waals surface area contributed by atoms with E-state index in [2.05, 4.69) is 46.3 Å². The van der Waals surface area contributed by atoms with E-state index in [0.717, 1.165) is 50.0 Å². The van der Waals surface area contributed by atoms with Crippen molar-refractivity contribution in [3.8, 4) is 0 Å². The van der Waals surface area contributed by atoms with Crippen LogP contribution in [0.5, 0.6) is 0 Å². The molecule has 3 aliphatic rings. The van der Waals surface area contributed by atoms with Gasteiger partial charge in [0.15, 0.2) is 5.69 Å². The first-order chi connectivity index (χ1) is 14.6. The number of H-pyrrole nitrogens is 1.